The van der Waals surface area contributed by atoms with Crippen molar-refractivity contribution in [2.24, 2.45) is 11.3 Å². The lowest BCUT2D eigenvalue weighted by Crippen LogP contribution is -2.64. The number of nitrogens with one attached hydrogen (secondary N) is 1. The van der Waals surface area contributed by atoms with Crippen LogP contribution in [0.3, 0.4) is 0 Å². The van der Waals surface area contributed by atoms with E-state index in [1.165, 1.54) is 70.6 Å². The van der Waals surface area contributed by atoms with Crippen LogP contribution in [0.2, 0.25) is 0 Å². The number of rotatable bonds is 4. The monoisotopic (exact) mass is 265 g/mol. The van der Waals surface area contributed by atoms with Crippen LogP contribution in [-0.2, 0) is 4.74 Å². The lowest BCUT2D eigenvalue weighted by Gasteiger charge is -2.58. The minimum Gasteiger partial charge on any atom is -0.377 e. The van der Waals surface area contributed by atoms with Crippen LogP contribution in [0.4, 0.5) is 0 Å². The number of hydrogen-bond donors (Lipinski definition) is 1. The molecule has 0 aliphatic heterocycles. The largest absolute Gasteiger partial charge is 0.377 e. The molecule has 0 saturated heterocycles. The van der Waals surface area contributed by atoms with E-state index >= 15 is 0 Å². The van der Waals surface area contributed by atoms with Gasteiger partial charge in [0.05, 0.1) is 6.10 Å². The fourth-order valence-electron chi connectivity index (χ4n) is 4.87. The van der Waals surface area contributed by atoms with E-state index in [9.17, 15) is 0 Å². The Morgan fingerprint density at radius 2 is 1.68 bits per heavy atom. The molecule has 1 N–H and O–H groups in total. The molecular weight excluding hydrogens is 234 g/mol. The van der Waals surface area contributed by atoms with Crippen molar-refractivity contribution in [1.82, 2.24) is 5.32 Å². The highest BCUT2D eigenvalue weighted by molar-refractivity contribution is 5.08. The van der Waals surface area contributed by atoms with Crippen LogP contribution in [-0.4, -0.2) is 25.8 Å². The van der Waals surface area contributed by atoms with E-state index < -0.39 is 0 Å². The van der Waals surface area contributed by atoms with Crippen molar-refractivity contribution in [2.75, 3.05) is 13.7 Å². The Balaban J connectivity index is 1.52. The van der Waals surface area contributed by atoms with Crippen LogP contribution < -0.4 is 5.32 Å². The first-order valence-electron chi connectivity index (χ1n) is 8.64. The molecule has 0 radical (unpaired) electrons. The first-order valence-corrected chi connectivity index (χ1v) is 8.64. The van der Waals surface area contributed by atoms with Crippen LogP contribution in [0.15, 0.2) is 0 Å². The van der Waals surface area contributed by atoms with E-state index in [1.807, 2.05) is 0 Å². The predicted molar refractivity (Wildman–Crippen MR) is 79.3 cm³/mol. The molecule has 2 unspecified atom stereocenters. The molecule has 1 spiro atoms. The van der Waals surface area contributed by atoms with Gasteiger partial charge in [-0.15, -0.1) is 0 Å². The Morgan fingerprint density at radius 1 is 1.00 bits per heavy atom. The van der Waals surface area contributed by atoms with Gasteiger partial charge >= 0.3 is 0 Å². The average molecular weight is 265 g/mol. The third-order valence-electron chi connectivity index (χ3n) is 6.18. The number of ether oxygens (including phenoxy) is 1. The maximum atomic E-state index is 6.40. The second kappa shape index (κ2) is 6.13. The number of hydrogen-bond acceptors (Lipinski definition) is 2. The topological polar surface area (TPSA) is 21.3 Å². The molecule has 2 atom stereocenters. The van der Waals surface area contributed by atoms with Crippen molar-refractivity contribution in [3.63, 3.8) is 0 Å². The molecule has 0 aromatic carbocycles. The minimum atomic E-state index is 0.502. The van der Waals surface area contributed by atoms with E-state index in [0.717, 1.165) is 18.6 Å². The maximum Gasteiger partial charge on any atom is 0.0661 e. The van der Waals surface area contributed by atoms with Gasteiger partial charge in [0.1, 0.15) is 0 Å². The third-order valence-corrected chi connectivity index (χ3v) is 6.18. The molecular formula is C17H31NO. The Bertz CT molecular complexity index is 279. The summed E-state index contributed by atoms with van der Waals surface area (Å²) < 4.78 is 6.40. The molecule has 0 heterocycles. The van der Waals surface area contributed by atoms with Gasteiger partial charge in [-0.1, -0.05) is 38.5 Å². The molecule has 110 valence electrons. The Labute approximate surface area is 118 Å². The second-order valence-electron chi connectivity index (χ2n) is 7.20. The highest BCUT2D eigenvalue weighted by Gasteiger charge is 2.55. The van der Waals surface area contributed by atoms with Gasteiger partial charge in [0.15, 0.2) is 0 Å². The highest BCUT2D eigenvalue weighted by Crippen LogP contribution is 2.53. The van der Waals surface area contributed by atoms with E-state index in [4.69, 9.17) is 4.74 Å². The molecule has 0 amide bonds. The van der Waals surface area contributed by atoms with Crippen LogP contribution in [0, 0.1) is 11.3 Å². The molecule has 0 aromatic rings. The van der Waals surface area contributed by atoms with Crippen molar-refractivity contribution in [2.45, 2.75) is 82.8 Å². The Hall–Kier alpha value is -0.0800. The van der Waals surface area contributed by atoms with Gasteiger partial charge in [-0.3, -0.25) is 0 Å². The fourth-order valence-corrected chi connectivity index (χ4v) is 4.87. The molecule has 19 heavy (non-hydrogen) atoms. The van der Waals surface area contributed by atoms with Gasteiger partial charge in [-0.25, -0.2) is 0 Å². The van der Waals surface area contributed by atoms with Crippen LogP contribution in [0.25, 0.3) is 0 Å². The lowest BCUT2D eigenvalue weighted by atomic mass is 9.55. The van der Waals surface area contributed by atoms with Crippen molar-refractivity contribution in [1.29, 1.82) is 0 Å². The van der Waals surface area contributed by atoms with Crippen molar-refractivity contribution in [3.8, 4) is 0 Å². The standard InChI is InChI=1S/C17H31NO/c1-18-15-12-16(17(15)10-6-3-7-11-17)19-13-14-8-4-2-5-9-14/h14-16,18H,2-13H2,1H3. The predicted octanol–water partition coefficient (Wildman–Crippen LogP) is 3.89. The molecule has 3 rings (SSSR count). The summed E-state index contributed by atoms with van der Waals surface area (Å²) in [6, 6.07) is 0.726. The van der Waals surface area contributed by atoms with Gasteiger partial charge in [0.25, 0.3) is 0 Å². The zero-order chi connectivity index (χ0) is 13.1. The summed E-state index contributed by atoms with van der Waals surface area (Å²) in [4.78, 5) is 0. The fraction of sp³-hybridized carbons (Fsp3) is 1.00. The molecule has 3 aliphatic rings. The molecule has 3 aliphatic carbocycles. The zero-order valence-electron chi connectivity index (χ0n) is 12.6. The summed E-state index contributed by atoms with van der Waals surface area (Å²) in [6.45, 7) is 1.04. The zero-order valence-corrected chi connectivity index (χ0v) is 12.6. The smallest absolute Gasteiger partial charge is 0.0661 e. The molecule has 2 heteroatoms. The first kappa shape index (κ1) is 13.9. The lowest BCUT2D eigenvalue weighted by molar-refractivity contribution is -0.158. The van der Waals surface area contributed by atoms with E-state index in [2.05, 4.69) is 12.4 Å². The van der Waals surface area contributed by atoms with E-state index in [1.54, 1.807) is 0 Å². The average Bonchev–Trinajstić information content (AvgIpc) is 2.48. The van der Waals surface area contributed by atoms with Gasteiger partial charge in [-0.2, -0.15) is 0 Å². The summed E-state index contributed by atoms with van der Waals surface area (Å²) in [5, 5.41) is 3.55. The van der Waals surface area contributed by atoms with Gasteiger partial charge in [-0.05, 0) is 45.1 Å². The summed E-state index contributed by atoms with van der Waals surface area (Å²) in [7, 11) is 2.14. The summed E-state index contributed by atoms with van der Waals surface area (Å²) in [5.74, 6) is 0.864. The molecule has 2 nitrogen and oxygen atoms in total. The molecule has 0 aromatic heterocycles. The minimum absolute atomic E-state index is 0.502. The first-order chi connectivity index (χ1) is 9.35. The Morgan fingerprint density at radius 3 is 2.37 bits per heavy atom. The van der Waals surface area contributed by atoms with Crippen molar-refractivity contribution >= 4 is 0 Å². The van der Waals surface area contributed by atoms with Crippen LogP contribution >= 0.6 is 0 Å². The van der Waals surface area contributed by atoms with Crippen molar-refractivity contribution in [3.05, 3.63) is 0 Å². The van der Waals surface area contributed by atoms with E-state index in [-0.39, 0.29) is 0 Å². The second-order valence-corrected chi connectivity index (χ2v) is 7.20. The molecule has 0 bridgehead atoms. The molecule has 3 saturated carbocycles. The van der Waals surface area contributed by atoms with E-state index in [0.29, 0.717) is 11.5 Å². The SMILES string of the molecule is CNC1CC(OCC2CCCCC2)C12CCCCC2. The van der Waals surface area contributed by atoms with Gasteiger partial charge in [0.2, 0.25) is 0 Å². The third kappa shape index (κ3) is 2.71. The normalized spacial score (nSPS) is 35.2. The van der Waals surface area contributed by atoms with Crippen LogP contribution in [0.1, 0.15) is 70.6 Å². The summed E-state index contributed by atoms with van der Waals surface area (Å²) in [5.41, 5.74) is 0.502. The maximum absolute atomic E-state index is 6.40. The highest BCUT2D eigenvalue weighted by atomic mass is 16.5. The quantitative estimate of drug-likeness (QED) is 0.832. The summed E-state index contributed by atoms with van der Waals surface area (Å²) in [6.07, 6.45) is 16.0. The van der Waals surface area contributed by atoms with Crippen molar-refractivity contribution < 1.29 is 4.74 Å². The molecule has 3 fully saturated rings. The van der Waals surface area contributed by atoms with Crippen LogP contribution in [0.5, 0.6) is 0 Å². The Kier molecular flexibility index (Phi) is 4.48. The van der Waals surface area contributed by atoms with Gasteiger partial charge in [0, 0.05) is 18.1 Å². The van der Waals surface area contributed by atoms with Gasteiger partial charge < -0.3 is 10.1 Å². The summed E-state index contributed by atoms with van der Waals surface area (Å²) >= 11 is 0.